The van der Waals surface area contributed by atoms with Crippen LogP contribution in [0.2, 0.25) is 0 Å². The normalized spacial score (nSPS) is 19.7. The third kappa shape index (κ3) is 3.67. The van der Waals surface area contributed by atoms with Crippen molar-refractivity contribution in [1.29, 1.82) is 0 Å². The molecule has 0 spiro atoms. The summed E-state index contributed by atoms with van der Waals surface area (Å²) in [5.41, 5.74) is 0.595. The number of carbonyl (C=O) groups excluding carboxylic acids is 1. The zero-order valence-electron chi connectivity index (χ0n) is 12.5. The summed E-state index contributed by atoms with van der Waals surface area (Å²) in [5, 5.41) is 3.26. The number of piperidine rings is 1. The van der Waals surface area contributed by atoms with Gasteiger partial charge in [-0.15, -0.1) is 12.4 Å². The van der Waals surface area contributed by atoms with Gasteiger partial charge in [0, 0.05) is 51.4 Å². The Morgan fingerprint density at radius 3 is 2.55 bits per heavy atom. The number of nitrogens with zero attached hydrogens (tertiary/aromatic N) is 3. The quantitative estimate of drug-likeness (QED) is 0.889. The van der Waals surface area contributed by atoms with Gasteiger partial charge < -0.3 is 15.1 Å². The highest BCUT2D eigenvalue weighted by Crippen LogP contribution is 2.26. The minimum atomic E-state index is -0.288. The number of hydrogen-bond donors (Lipinski definition) is 1. The monoisotopic (exact) mass is 328 g/mol. The fraction of sp³-hybridized carbons (Fsp3) is 0.600. The molecule has 22 heavy (non-hydrogen) atoms. The van der Waals surface area contributed by atoms with Crippen LogP contribution in [0.15, 0.2) is 18.5 Å². The number of pyridine rings is 1. The molecule has 1 aromatic rings. The first-order valence-corrected chi connectivity index (χ1v) is 7.59. The first-order chi connectivity index (χ1) is 10.3. The maximum atomic E-state index is 13.7. The molecule has 1 aromatic heterocycles. The highest BCUT2D eigenvalue weighted by atomic mass is 35.5. The van der Waals surface area contributed by atoms with Gasteiger partial charge in [-0.05, 0) is 18.9 Å². The van der Waals surface area contributed by atoms with Crippen LogP contribution in [0.3, 0.4) is 0 Å². The lowest BCUT2D eigenvalue weighted by Crippen LogP contribution is -2.50. The van der Waals surface area contributed by atoms with Gasteiger partial charge in [0.05, 0.1) is 11.9 Å². The Morgan fingerprint density at radius 1 is 1.23 bits per heavy atom. The summed E-state index contributed by atoms with van der Waals surface area (Å²) in [5.74, 6) is 0.0694. The van der Waals surface area contributed by atoms with Crippen LogP contribution >= 0.6 is 12.4 Å². The Balaban J connectivity index is 0.00000176. The van der Waals surface area contributed by atoms with E-state index in [2.05, 4.69) is 10.3 Å². The number of hydrogen-bond acceptors (Lipinski definition) is 4. The van der Waals surface area contributed by atoms with E-state index in [0.29, 0.717) is 5.69 Å². The van der Waals surface area contributed by atoms with Crippen LogP contribution in [0, 0.1) is 11.7 Å². The molecule has 122 valence electrons. The fourth-order valence-corrected chi connectivity index (χ4v) is 3.14. The van der Waals surface area contributed by atoms with E-state index in [1.165, 1.54) is 6.20 Å². The zero-order chi connectivity index (χ0) is 14.7. The van der Waals surface area contributed by atoms with Crippen molar-refractivity contribution >= 4 is 24.0 Å². The van der Waals surface area contributed by atoms with Gasteiger partial charge in [0.15, 0.2) is 5.82 Å². The second kappa shape index (κ2) is 7.74. The predicted octanol–water partition coefficient (Wildman–Crippen LogP) is 1.29. The van der Waals surface area contributed by atoms with Gasteiger partial charge in [0.1, 0.15) is 0 Å². The molecule has 0 atom stereocenters. The van der Waals surface area contributed by atoms with Crippen molar-refractivity contribution in [2.24, 2.45) is 5.92 Å². The number of amides is 1. The smallest absolute Gasteiger partial charge is 0.225 e. The maximum Gasteiger partial charge on any atom is 0.225 e. The molecular weight excluding hydrogens is 307 g/mol. The molecule has 1 N–H and O–H groups in total. The van der Waals surface area contributed by atoms with Crippen LogP contribution in [0.5, 0.6) is 0 Å². The van der Waals surface area contributed by atoms with Gasteiger partial charge in [-0.25, -0.2) is 4.39 Å². The van der Waals surface area contributed by atoms with Crippen molar-refractivity contribution in [3.8, 4) is 0 Å². The maximum absolute atomic E-state index is 13.7. The van der Waals surface area contributed by atoms with E-state index in [4.69, 9.17) is 0 Å². The molecule has 2 aliphatic heterocycles. The molecule has 1 amide bonds. The molecular formula is C15H22ClFN4O. The summed E-state index contributed by atoms with van der Waals surface area (Å²) in [6, 6.07) is 1.70. The Hall–Kier alpha value is -1.40. The minimum Gasteiger partial charge on any atom is -0.369 e. The molecule has 0 aliphatic carbocycles. The van der Waals surface area contributed by atoms with Gasteiger partial charge in [-0.1, -0.05) is 0 Å². The number of aromatic nitrogens is 1. The van der Waals surface area contributed by atoms with Gasteiger partial charge in [-0.2, -0.15) is 0 Å². The fourth-order valence-electron chi connectivity index (χ4n) is 3.14. The number of carbonyl (C=O) groups is 1. The molecule has 0 saturated carbocycles. The van der Waals surface area contributed by atoms with Crippen LogP contribution in [0.25, 0.3) is 0 Å². The van der Waals surface area contributed by atoms with Gasteiger partial charge in [0.25, 0.3) is 0 Å². The van der Waals surface area contributed by atoms with Crippen LogP contribution < -0.4 is 10.2 Å². The van der Waals surface area contributed by atoms with Crippen LogP contribution in [-0.2, 0) is 4.79 Å². The van der Waals surface area contributed by atoms with E-state index in [1.54, 1.807) is 12.3 Å². The van der Waals surface area contributed by atoms with Crippen molar-refractivity contribution in [1.82, 2.24) is 15.2 Å². The van der Waals surface area contributed by atoms with E-state index >= 15 is 0 Å². The number of piperazine rings is 1. The Bertz CT molecular complexity index is 502. The van der Waals surface area contributed by atoms with E-state index in [9.17, 15) is 9.18 Å². The van der Waals surface area contributed by atoms with Gasteiger partial charge >= 0.3 is 0 Å². The zero-order valence-corrected chi connectivity index (χ0v) is 13.3. The van der Waals surface area contributed by atoms with E-state index in [0.717, 1.165) is 52.1 Å². The average molecular weight is 329 g/mol. The highest BCUT2D eigenvalue weighted by Gasteiger charge is 2.29. The number of anilines is 1. The molecule has 0 unspecified atom stereocenters. The first kappa shape index (κ1) is 17.0. The van der Waals surface area contributed by atoms with Crippen LogP contribution in [0.4, 0.5) is 10.1 Å². The van der Waals surface area contributed by atoms with E-state index < -0.39 is 0 Å². The molecule has 2 fully saturated rings. The van der Waals surface area contributed by atoms with Crippen LogP contribution in [-0.4, -0.2) is 55.1 Å². The number of rotatable bonds is 2. The van der Waals surface area contributed by atoms with Crippen molar-refractivity contribution in [3.05, 3.63) is 24.3 Å². The van der Waals surface area contributed by atoms with E-state index in [-0.39, 0.29) is 30.0 Å². The SMILES string of the molecule is Cl.O=C(C1CCN(c2ccncc2F)CC1)N1CCNCC1. The summed E-state index contributed by atoms with van der Waals surface area (Å²) in [6.07, 6.45) is 4.44. The number of nitrogens with one attached hydrogen (secondary N) is 1. The minimum absolute atomic E-state index is 0. The molecule has 3 heterocycles. The summed E-state index contributed by atoms with van der Waals surface area (Å²) >= 11 is 0. The van der Waals surface area contributed by atoms with Crippen LogP contribution in [0.1, 0.15) is 12.8 Å². The van der Waals surface area contributed by atoms with E-state index in [1.807, 2.05) is 9.80 Å². The summed E-state index contributed by atoms with van der Waals surface area (Å²) in [6.45, 7) is 4.82. The van der Waals surface area contributed by atoms with Crippen molar-refractivity contribution in [3.63, 3.8) is 0 Å². The first-order valence-electron chi connectivity index (χ1n) is 7.59. The van der Waals surface area contributed by atoms with Crippen molar-refractivity contribution < 1.29 is 9.18 Å². The predicted molar refractivity (Wildman–Crippen MR) is 85.8 cm³/mol. The molecule has 5 nitrogen and oxygen atoms in total. The topological polar surface area (TPSA) is 48.5 Å². The van der Waals surface area contributed by atoms with Crippen molar-refractivity contribution in [2.45, 2.75) is 12.8 Å². The van der Waals surface area contributed by atoms with Crippen molar-refractivity contribution in [2.75, 3.05) is 44.2 Å². The standard InChI is InChI=1S/C15H21FN4O.ClH/c16-13-11-18-4-1-14(13)19-7-2-12(3-8-19)15(21)20-9-5-17-6-10-20;/h1,4,11-12,17H,2-3,5-10H2;1H. The molecule has 2 saturated heterocycles. The Kier molecular flexibility index (Phi) is 5.97. The largest absolute Gasteiger partial charge is 0.369 e. The lowest BCUT2D eigenvalue weighted by molar-refractivity contribution is -0.136. The Morgan fingerprint density at radius 2 is 1.91 bits per heavy atom. The second-order valence-corrected chi connectivity index (χ2v) is 5.66. The molecule has 3 rings (SSSR count). The summed E-state index contributed by atoms with van der Waals surface area (Å²) in [7, 11) is 0. The number of halogens is 2. The molecule has 2 aliphatic rings. The highest BCUT2D eigenvalue weighted by molar-refractivity contribution is 5.85. The summed E-state index contributed by atoms with van der Waals surface area (Å²) < 4.78 is 13.7. The third-order valence-corrected chi connectivity index (χ3v) is 4.36. The lowest BCUT2D eigenvalue weighted by atomic mass is 9.94. The molecule has 0 radical (unpaired) electrons. The lowest BCUT2D eigenvalue weighted by Gasteiger charge is -2.36. The molecule has 0 aromatic carbocycles. The molecule has 7 heteroatoms. The summed E-state index contributed by atoms with van der Waals surface area (Å²) in [4.78, 5) is 20.2. The average Bonchev–Trinajstić information content (AvgIpc) is 2.56. The van der Waals surface area contributed by atoms with Gasteiger partial charge in [-0.3, -0.25) is 9.78 Å². The molecule has 0 bridgehead atoms. The Labute approximate surface area is 136 Å². The van der Waals surface area contributed by atoms with Gasteiger partial charge in [0.2, 0.25) is 5.91 Å². The second-order valence-electron chi connectivity index (χ2n) is 5.66. The third-order valence-electron chi connectivity index (χ3n) is 4.36.